The molecule has 1 atom stereocenters. The maximum Gasteiger partial charge on any atom is 0.0854 e. The lowest BCUT2D eigenvalue weighted by molar-refractivity contribution is 0.578. The van der Waals surface area contributed by atoms with E-state index in [4.69, 9.17) is 0 Å². The summed E-state index contributed by atoms with van der Waals surface area (Å²) in [6.45, 7) is 16.1. The van der Waals surface area contributed by atoms with Crippen LogP contribution in [0.5, 0.6) is 0 Å². The fraction of sp³-hybridized carbons (Fsp3) is 0.667. The Morgan fingerprint density at radius 1 is 0.900 bits per heavy atom. The van der Waals surface area contributed by atoms with E-state index < -0.39 is 7.14 Å². The molecule has 1 nitrogen and oxygen atoms in total. The third-order valence-electron chi connectivity index (χ3n) is 3.20. The highest BCUT2D eigenvalue weighted by molar-refractivity contribution is 7.63. The summed E-state index contributed by atoms with van der Waals surface area (Å²) in [6, 6.07) is 6.46. The number of hydrogen-bond acceptors (Lipinski definition) is 1. The largest absolute Gasteiger partial charge is 0.324 e. The van der Waals surface area contributed by atoms with E-state index in [-0.39, 0.29) is 0 Å². The van der Waals surface area contributed by atoms with Crippen molar-refractivity contribution in [2.45, 2.75) is 61.3 Å². The predicted octanol–water partition coefficient (Wildman–Crippen LogP) is 6.17. The summed E-state index contributed by atoms with van der Waals surface area (Å²) in [7, 11) is -1.83. The lowest BCUT2D eigenvalue weighted by Crippen LogP contribution is -1.95. The standard InChI is InChI=1S/C12H17OP.3C2H6/c1-10-4-3-5-11-6-8-14(2,13)9-7-12(10)11;3*1-2/h3-5H,6-9H2,1-2H3;3*1-2H3. The molecule has 0 saturated carbocycles. The molecule has 2 rings (SSSR count). The van der Waals surface area contributed by atoms with Crippen LogP contribution in [0.15, 0.2) is 18.2 Å². The number of aryl methyl sites for hydroxylation is 2. The molecule has 0 aliphatic carbocycles. The first kappa shape index (κ1) is 21.7. The van der Waals surface area contributed by atoms with E-state index in [2.05, 4.69) is 25.1 Å². The van der Waals surface area contributed by atoms with Crippen LogP contribution in [0.4, 0.5) is 0 Å². The van der Waals surface area contributed by atoms with Crippen molar-refractivity contribution < 1.29 is 4.57 Å². The molecule has 0 aromatic heterocycles. The fourth-order valence-corrected chi connectivity index (χ4v) is 3.81. The lowest BCUT2D eigenvalue weighted by Gasteiger charge is -2.07. The van der Waals surface area contributed by atoms with E-state index in [1.54, 1.807) is 0 Å². The van der Waals surface area contributed by atoms with Crippen LogP contribution >= 0.6 is 7.14 Å². The predicted molar refractivity (Wildman–Crippen MR) is 95.9 cm³/mol. The second-order valence-corrected chi connectivity index (χ2v) is 7.94. The molecule has 0 N–H and O–H groups in total. The molecule has 0 saturated heterocycles. The highest BCUT2D eigenvalue weighted by atomic mass is 31.2. The molecule has 1 unspecified atom stereocenters. The molecule has 0 bridgehead atoms. The lowest BCUT2D eigenvalue weighted by atomic mass is 9.98. The molecule has 0 fully saturated rings. The molecule has 118 valence electrons. The molecule has 1 aromatic rings. The molecule has 1 heterocycles. The van der Waals surface area contributed by atoms with Gasteiger partial charge in [0.2, 0.25) is 0 Å². The monoisotopic (exact) mass is 298 g/mol. The SMILES string of the molecule is CC.CC.CC.Cc1cccc2c1CCP(C)(=O)CC2. The minimum Gasteiger partial charge on any atom is -0.324 e. The molecule has 1 aromatic carbocycles. The van der Waals surface area contributed by atoms with Crippen molar-refractivity contribution >= 4 is 7.14 Å². The summed E-state index contributed by atoms with van der Waals surface area (Å²) in [5.74, 6) is 0. The number of rotatable bonds is 0. The first-order valence-corrected chi connectivity index (χ1v) is 10.7. The van der Waals surface area contributed by atoms with Gasteiger partial charge in [-0.3, -0.25) is 0 Å². The molecular formula is C18H35OP. The van der Waals surface area contributed by atoms with Gasteiger partial charge in [0.1, 0.15) is 0 Å². The Bertz CT molecular complexity index is 396. The minimum atomic E-state index is -1.83. The van der Waals surface area contributed by atoms with E-state index in [1.807, 2.05) is 48.2 Å². The average Bonchev–Trinajstić information content (AvgIpc) is 2.65. The number of fused-ring (bicyclic) bond motifs is 1. The molecule has 1 aliphatic rings. The summed E-state index contributed by atoms with van der Waals surface area (Å²) in [4.78, 5) is 0. The van der Waals surface area contributed by atoms with Crippen molar-refractivity contribution in [3.05, 3.63) is 34.9 Å². The van der Waals surface area contributed by atoms with Gasteiger partial charge in [-0.1, -0.05) is 59.7 Å². The molecule has 1 aliphatic heterocycles. The van der Waals surface area contributed by atoms with Crippen molar-refractivity contribution in [1.29, 1.82) is 0 Å². The molecular weight excluding hydrogens is 263 g/mol. The van der Waals surface area contributed by atoms with Crippen LogP contribution in [0.1, 0.15) is 58.2 Å². The molecule has 0 radical (unpaired) electrons. The van der Waals surface area contributed by atoms with E-state index in [1.165, 1.54) is 16.7 Å². The third kappa shape index (κ3) is 7.29. The van der Waals surface area contributed by atoms with Gasteiger partial charge >= 0.3 is 0 Å². The Morgan fingerprint density at radius 3 is 1.95 bits per heavy atom. The van der Waals surface area contributed by atoms with Gasteiger partial charge in [-0.25, -0.2) is 0 Å². The molecule has 2 heteroatoms. The van der Waals surface area contributed by atoms with Crippen LogP contribution < -0.4 is 0 Å². The third-order valence-corrected chi connectivity index (χ3v) is 5.54. The maximum absolute atomic E-state index is 12.0. The van der Waals surface area contributed by atoms with Crippen molar-refractivity contribution in [3.8, 4) is 0 Å². The topological polar surface area (TPSA) is 17.1 Å². The Labute approximate surface area is 127 Å². The Kier molecular flexibility index (Phi) is 13.3. The van der Waals surface area contributed by atoms with Crippen molar-refractivity contribution in [3.63, 3.8) is 0 Å². The number of hydrogen-bond donors (Lipinski definition) is 0. The van der Waals surface area contributed by atoms with Crippen LogP contribution in [0, 0.1) is 6.92 Å². The zero-order chi connectivity index (χ0) is 16.2. The summed E-state index contributed by atoms with van der Waals surface area (Å²) in [5.41, 5.74) is 4.24. The molecule has 20 heavy (non-hydrogen) atoms. The van der Waals surface area contributed by atoms with E-state index in [0.717, 1.165) is 25.2 Å². The first-order chi connectivity index (χ1) is 9.58. The van der Waals surface area contributed by atoms with Gasteiger partial charge in [0, 0.05) is 12.3 Å². The van der Waals surface area contributed by atoms with Gasteiger partial charge < -0.3 is 4.57 Å². The van der Waals surface area contributed by atoms with Crippen LogP contribution in [0.2, 0.25) is 0 Å². The zero-order valence-corrected chi connectivity index (χ0v) is 15.8. The zero-order valence-electron chi connectivity index (χ0n) is 14.9. The Hall–Kier alpha value is -0.550. The van der Waals surface area contributed by atoms with Gasteiger partial charge in [0.15, 0.2) is 0 Å². The van der Waals surface area contributed by atoms with Gasteiger partial charge in [-0.15, -0.1) is 0 Å². The molecule has 0 amide bonds. The van der Waals surface area contributed by atoms with Gasteiger partial charge in [0.25, 0.3) is 0 Å². The van der Waals surface area contributed by atoms with Crippen molar-refractivity contribution in [2.75, 3.05) is 19.0 Å². The van der Waals surface area contributed by atoms with Crippen molar-refractivity contribution in [2.24, 2.45) is 0 Å². The van der Waals surface area contributed by atoms with Gasteiger partial charge in [0.05, 0.1) is 7.14 Å². The van der Waals surface area contributed by atoms with Gasteiger partial charge in [-0.05, 0) is 43.1 Å². The fourth-order valence-electron chi connectivity index (χ4n) is 2.17. The highest BCUT2D eigenvalue weighted by Gasteiger charge is 2.21. The van der Waals surface area contributed by atoms with Gasteiger partial charge in [-0.2, -0.15) is 0 Å². The normalized spacial score (nSPS) is 19.6. The summed E-state index contributed by atoms with van der Waals surface area (Å²) in [6.07, 6.45) is 3.80. The number of benzene rings is 1. The quantitative estimate of drug-likeness (QED) is 0.524. The highest BCUT2D eigenvalue weighted by Crippen LogP contribution is 2.44. The van der Waals surface area contributed by atoms with Crippen LogP contribution in [0.25, 0.3) is 0 Å². The molecule has 0 spiro atoms. The van der Waals surface area contributed by atoms with Crippen LogP contribution in [0.3, 0.4) is 0 Å². The van der Waals surface area contributed by atoms with Crippen molar-refractivity contribution in [1.82, 2.24) is 0 Å². The average molecular weight is 298 g/mol. The second kappa shape index (κ2) is 12.2. The summed E-state index contributed by atoms with van der Waals surface area (Å²) in [5, 5.41) is 0. The smallest absolute Gasteiger partial charge is 0.0854 e. The Balaban J connectivity index is 0. The minimum absolute atomic E-state index is 0.892. The van der Waals surface area contributed by atoms with E-state index in [0.29, 0.717) is 0 Å². The maximum atomic E-state index is 12.0. The van der Waals surface area contributed by atoms with E-state index in [9.17, 15) is 4.57 Å². The summed E-state index contributed by atoms with van der Waals surface area (Å²) < 4.78 is 12.0. The van der Waals surface area contributed by atoms with Crippen LogP contribution in [-0.4, -0.2) is 19.0 Å². The van der Waals surface area contributed by atoms with Crippen LogP contribution in [-0.2, 0) is 17.4 Å². The summed E-state index contributed by atoms with van der Waals surface area (Å²) >= 11 is 0. The second-order valence-electron chi connectivity index (χ2n) is 4.46. The first-order valence-electron chi connectivity index (χ1n) is 8.21. The Morgan fingerprint density at radius 2 is 1.40 bits per heavy atom. The van der Waals surface area contributed by atoms with E-state index >= 15 is 0 Å².